The van der Waals surface area contributed by atoms with Gasteiger partial charge in [-0.2, -0.15) is 0 Å². The summed E-state index contributed by atoms with van der Waals surface area (Å²) in [4.78, 5) is 12.3. The molecule has 8 nitrogen and oxygen atoms in total. The van der Waals surface area contributed by atoms with Crippen LogP contribution < -0.4 is 24.2 Å². The molecular formula is C23H32N2O6S. The average Bonchev–Trinajstić information content (AvgIpc) is 2.81. The van der Waals surface area contributed by atoms with Gasteiger partial charge in [0.25, 0.3) is 0 Å². The fraction of sp³-hybridized carbons (Fsp3) is 0.435. The van der Waals surface area contributed by atoms with E-state index in [4.69, 9.17) is 14.2 Å². The summed E-state index contributed by atoms with van der Waals surface area (Å²) < 4.78 is 42.6. The molecule has 0 fully saturated rings. The summed E-state index contributed by atoms with van der Waals surface area (Å²) in [6.07, 6.45) is 0.940. The predicted octanol–water partition coefficient (Wildman–Crippen LogP) is 2.53. The minimum atomic E-state index is -3.44. The van der Waals surface area contributed by atoms with E-state index in [1.807, 2.05) is 48.5 Å². The van der Waals surface area contributed by atoms with Gasteiger partial charge >= 0.3 is 0 Å². The van der Waals surface area contributed by atoms with Crippen LogP contribution in [0, 0.1) is 0 Å². The maximum atomic E-state index is 12.3. The highest BCUT2D eigenvalue weighted by molar-refractivity contribution is 7.89. The van der Waals surface area contributed by atoms with Crippen molar-refractivity contribution in [3.8, 4) is 17.2 Å². The molecule has 32 heavy (non-hydrogen) atoms. The van der Waals surface area contributed by atoms with Crippen LogP contribution in [0.15, 0.2) is 48.5 Å². The van der Waals surface area contributed by atoms with Crippen LogP contribution in [0.1, 0.15) is 25.8 Å². The Kier molecular flexibility index (Phi) is 10.3. The fourth-order valence-electron chi connectivity index (χ4n) is 2.89. The number of hydrogen-bond donors (Lipinski definition) is 2. The maximum absolute atomic E-state index is 12.3. The Hall–Kier alpha value is -2.78. The van der Waals surface area contributed by atoms with Crippen LogP contribution in [0.2, 0.25) is 0 Å². The molecule has 0 aromatic heterocycles. The number of benzene rings is 2. The van der Waals surface area contributed by atoms with Crippen LogP contribution in [-0.4, -0.2) is 53.0 Å². The van der Waals surface area contributed by atoms with Crippen molar-refractivity contribution in [2.45, 2.75) is 32.7 Å². The lowest BCUT2D eigenvalue weighted by Crippen LogP contribution is -2.47. The molecule has 0 spiro atoms. The highest BCUT2D eigenvalue weighted by Gasteiger charge is 2.21. The van der Waals surface area contributed by atoms with Crippen LogP contribution in [0.25, 0.3) is 0 Å². The van der Waals surface area contributed by atoms with E-state index in [0.29, 0.717) is 44.1 Å². The van der Waals surface area contributed by atoms with Gasteiger partial charge in [0, 0.05) is 6.54 Å². The Labute approximate surface area is 190 Å². The van der Waals surface area contributed by atoms with Crippen LogP contribution in [0.3, 0.4) is 0 Å². The van der Waals surface area contributed by atoms with E-state index in [1.165, 1.54) is 6.92 Å². The van der Waals surface area contributed by atoms with E-state index in [-0.39, 0.29) is 11.7 Å². The third-order valence-corrected chi connectivity index (χ3v) is 6.12. The van der Waals surface area contributed by atoms with Gasteiger partial charge in [-0.1, -0.05) is 31.2 Å². The SMILES string of the molecule is CCC(NS(=O)(=O)CC)C(=O)NCCc1ccc(OCCOc2ccccc2)c(OC)c1. The van der Waals surface area contributed by atoms with Crippen molar-refractivity contribution in [2.24, 2.45) is 0 Å². The minimum absolute atomic E-state index is 0.0661. The molecule has 0 aliphatic rings. The van der Waals surface area contributed by atoms with E-state index in [9.17, 15) is 13.2 Å². The molecule has 0 aliphatic heterocycles. The number of carbonyl (C=O) groups excluding carboxylic acids is 1. The number of carbonyl (C=O) groups is 1. The van der Waals surface area contributed by atoms with E-state index < -0.39 is 16.1 Å². The molecule has 0 saturated heterocycles. The molecule has 0 bridgehead atoms. The highest BCUT2D eigenvalue weighted by atomic mass is 32.2. The highest BCUT2D eigenvalue weighted by Crippen LogP contribution is 2.28. The number of sulfonamides is 1. The first-order chi connectivity index (χ1) is 15.4. The van der Waals surface area contributed by atoms with Crippen molar-refractivity contribution < 1.29 is 27.4 Å². The number of ether oxygens (including phenoxy) is 3. The molecule has 2 N–H and O–H groups in total. The number of amides is 1. The normalized spacial score (nSPS) is 12.1. The monoisotopic (exact) mass is 464 g/mol. The van der Waals surface area contributed by atoms with Crippen LogP contribution in [0.4, 0.5) is 0 Å². The quantitative estimate of drug-likeness (QED) is 0.417. The van der Waals surface area contributed by atoms with Crippen molar-refractivity contribution >= 4 is 15.9 Å². The molecule has 0 heterocycles. The second kappa shape index (κ2) is 12.9. The second-order valence-electron chi connectivity index (χ2n) is 7.02. The summed E-state index contributed by atoms with van der Waals surface area (Å²) in [5.41, 5.74) is 0.956. The summed E-state index contributed by atoms with van der Waals surface area (Å²) in [6, 6.07) is 14.3. The molecule has 1 atom stereocenters. The smallest absolute Gasteiger partial charge is 0.238 e. The molecule has 0 aliphatic carbocycles. The van der Waals surface area contributed by atoms with E-state index in [2.05, 4.69) is 10.0 Å². The van der Waals surface area contributed by atoms with Crippen LogP contribution >= 0.6 is 0 Å². The molecule has 1 amide bonds. The molecule has 2 rings (SSSR count). The number of rotatable bonds is 14. The van der Waals surface area contributed by atoms with E-state index >= 15 is 0 Å². The van der Waals surface area contributed by atoms with Crippen molar-refractivity contribution in [3.05, 3.63) is 54.1 Å². The number of hydrogen-bond acceptors (Lipinski definition) is 6. The third kappa shape index (κ3) is 8.39. The second-order valence-corrected chi connectivity index (χ2v) is 9.06. The fourth-order valence-corrected chi connectivity index (χ4v) is 3.76. The van der Waals surface area contributed by atoms with Crippen molar-refractivity contribution in [1.29, 1.82) is 0 Å². The first-order valence-electron chi connectivity index (χ1n) is 10.6. The van der Waals surface area contributed by atoms with Gasteiger partial charge in [0.1, 0.15) is 25.0 Å². The average molecular weight is 465 g/mol. The zero-order valence-electron chi connectivity index (χ0n) is 18.8. The van der Waals surface area contributed by atoms with Gasteiger partial charge in [-0.15, -0.1) is 0 Å². The summed E-state index contributed by atoms with van der Waals surface area (Å²) >= 11 is 0. The summed E-state index contributed by atoms with van der Waals surface area (Å²) in [5.74, 6) is 1.58. The van der Waals surface area contributed by atoms with Gasteiger partial charge in [-0.3, -0.25) is 4.79 Å². The molecule has 2 aromatic rings. The molecule has 176 valence electrons. The van der Waals surface area contributed by atoms with Crippen LogP contribution in [0.5, 0.6) is 17.2 Å². The van der Waals surface area contributed by atoms with Gasteiger partial charge in [0.15, 0.2) is 11.5 Å². The Morgan fingerprint density at radius 2 is 1.72 bits per heavy atom. The van der Waals surface area contributed by atoms with Crippen molar-refractivity contribution in [1.82, 2.24) is 10.0 Å². The van der Waals surface area contributed by atoms with Gasteiger partial charge in [-0.25, -0.2) is 13.1 Å². The molecule has 9 heteroatoms. The summed E-state index contributed by atoms with van der Waals surface area (Å²) in [5, 5.41) is 2.78. The molecule has 0 radical (unpaired) electrons. The summed E-state index contributed by atoms with van der Waals surface area (Å²) in [6.45, 7) is 4.44. The van der Waals surface area contributed by atoms with E-state index in [1.54, 1.807) is 14.0 Å². The van der Waals surface area contributed by atoms with Crippen molar-refractivity contribution in [3.63, 3.8) is 0 Å². The van der Waals surface area contributed by atoms with Crippen molar-refractivity contribution in [2.75, 3.05) is 32.6 Å². The third-order valence-electron chi connectivity index (χ3n) is 4.72. The van der Waals surface area contributed by atoms with Gasteiger partial charge in [-0.05, 0) is 49.6 Å². The van der Waals surface area contributed by atoms with Crippen LogP contribution in [-0.2, 0) is 21.2 Å². The zero-order chi connectivity index (χ0) is 23.4. The number of nitrogens with one attached hydrogen (secondary N) is 2. The first kappa shape index (κ1) is 25.5. The van der Waals surface area contributed by atoms with Gasteiger partial charge in [0.05, 0.1) is 12.9 Å². The summed E-state index contributed by atoms with van der Waals surface area (Å²) in [7, 11) is -1.87. The molecular weight excluding hydrogens is 432 g/mol. The number of methoxy groups -OCH3 is 1. The molecule has 0 saturated carbocycles. The predicted molar refractivity (Wildman–Crippen MR) is 124 cm³/mol. The first-order valence-corrected chi connectivity index (χ1v) is 12.3. The Bertz CT molecular complexity index is 950. The lowest BCUT2D eigenvalue weighted by molar-refractivity contribution is -0.122. The van der Waals surface area contributed by atoms with Gasteiger partial charge < -0.3 is 19.5 Å². The van der Waals surface area contributed by atoms with E-state index in [0.717, 1.165) is 11.3 Å². The minimum Gasteiger partial charge on any atom is -0.493 e. The maximum Gasteiger partial charge on any atom is 0.238 e. The number of para-hydroxylation sites is 1. The Balaban J connectivity index is 1.82. The standard InChI is InChI=1S/C23H32N2O6S/c1-4-20(25-32(27,28)5-2)23(26)24-14-13-18-11-12-21(22(17-18)29-3)31-16-15-30-19-9-7-6-8-10-19/h6-12,17,20,25H,4-5,13-16H2,1-3H3,(H,24,26). The lowest BCUT2D eigenvalue weighted by Gasteiger charge is -2.16. The topological polar surface area (TPSA) is 103 Å². The molecule has 2 aromatic carbocycles. The molecule has 1 unspecified atom stereocenters. The Morgan fingerprint density at radius 3 is 2.38 bits per heavy atom. The Morgan fingerprint density at radius 1 is 1.00 bits per heavy atom. The van der Waals surface area contributed by atoms with Gasteiger partial charge in [0.2, 0.25) is 15.9 Å². The largest absolute Gasteiger partial charge is 0.493 e. The lowest BCUT2D eigenvalue weighted by atomic mass is 10.1. The zero-order valence-corrected chi connectivity index (χ0v) is 19.6.